The minimum Gasteiger partial charge on any atom is -0.378 e. The van der Waals surface area contributed by atoms with Crippen molar-refractivity contribution in [2.24, 2.45) is 5.10 Å². The van der Waals surface area contributed by atoms with E-state index in [2.05, 4.69) is 32.6 Å². The number of carbonyl (C=O) groups is 1. The second-order valence-corrected chi connectivity index (χ2v) is 9.42. The molecule has 1 atom stereocenters. The Kier molecular flexibility index (Phi) is 8.58. The summed E-state index contributed by atoms with van der Waals surface area (Å²) in [5.74, 6) is 0.355. The molecule has 2 N–H and O–H groups in total. The largest absolute Gasteiger partial charge is 0.378 e. The molecule has 1 unspecified atom stereocenters. The normalized spacial score (nSPS) is 11.9. The van der Waals surface area contributed by atoms with E-state index in [-0.39, 0.29) is 10.9 Å². The Balaban J connectivity index is 1.59. The molecule has 0 bridgehead atoms. The molecule has 13 heteroatoms. The molecule has 0 aliphatic rings. The van der Waals surface area contributed by atoms with Crippen molar-refractivity contribution in [1.82, 2.24) is 20.2 Å². The van der Waals surface area contributed by atoms with Gasteiger partial charge in [-0.1, -0.05) is 40.8 Å². The number of nitrogens with zero attached hydrogens (tertiary/aromatic N) is 5. The zero-order chi connectivity index (χ0) is 23.8. The third kappa shape index (κ3) is 6.88. The maximum Gasteiger partial charge on any atom is 0.324 e. The summed E-state index contributed by atoms with van der Waals surface area (Å²) in [6.07, 6.45) is 3.10. The highest BCUT2D eigenvalue weighted by Gasteiger charge is 2.19. The second-order valence-electron chi connectivity index (χ2n) is 6.59. The van der Waals surface area contributed by atoms with Crippen molar-refractivity contribution >= 4 is 57.5 Å². The lowest BCUT2D eigenvalue weighted by molar-refractivity contribution is -0.380. The molecule has 0 fully saturated rings. The Morgan fingerprint density at radius 3 is 2.79 bits per heavy atom. The van der Waals surface area contributed by atoms with Crippen LogP contribution in [0.1, 0.15) is 17.6 Å². The number of hydrogen-bond acceptors (Lipinski definition) is 9. The van der Waals surface area contributed by atoms with Crippen LogP contribution in [-0.4, -0.2) is 37.1 Å². The van der Waals surface area contributed by atoms with E-state index in [9.17, 15) is 14.9 Å². The summed E-state index contributed by atoms with van der Waals surface area (Å²) < 4.78 is 1.87. The summed E-state index contributed by atoms with van der Waals surface area (Å²) in [7, 11) is 0. The summed E-state index contributed by atoms with van der Waals surface area (Å²) >= 11 is 8.12. The van der Waals surface area contributed by atoms with Crippen molar-refractivity contribution in [3.05, 3.63) is 74.9 Å². The van der Waals surface area contributed by atoms with Gasteiger partial charge in [0.2, 0.25) is 0 Å². The first kappa shape index (κ1) is 24.4. The van der Waals surface area contributed by atoms with Gasteiger partial charge in [-0.15, -0.1) is 16.8 Å². The van der Waals surface area contributed by atoms with Crippen molar-refractivity contribution < 1.29 is 9.72 Å². The predicted molar refractivity (Wildman–Crippen MR) is 131 cm³/mol. The first-order valence-corrected chi connectivity index (χ1v) is 11.7. The van der Waals surface area contributed by atoms with Gasteiger partial charge in [0.05, 0.1) is 27.8 Å². The zero-order valence-corrected chi connectivity index (χ0v) is 19.9. The molecular weight excluding hydrogens is 486 g/mol. The van der Waals surface area contributed by atoms with Crippen LogP contribution >= 0.6 is 34.7 Å². The summed E-state index contributed by atoms with van der Waals surface area (Å²) in [4.78, 5) is 23.2. The number of rotatable bonds is 11. The van der Waals surface area contributed by atoms with E-state index in [1.807, 2.05) is 16.7 Å². The zero-order valence-electron chi connectivity index (χ0n) is 17.5. The topological polar surface area (TPSA) is 127 Å². The molecule has 0 aliphatic heterocycles. The van der Waals surface area contributed by atoms with Gasteiger partial charge in [-0.3, -0.25) is 14.9 Å². The highest BCUT2D eigenvalue weighted by molar-refractivity contribution is 8.00. The number of hydrazone groups is 1. The van der Waals surface area contributed by atoms with E-state index in [1.165, 1.54) is 24.0 Å². The van der Waals surface area contributed by atoms with Gasteiger partial charge in [0.25, 0.3) is 5.91 Å². The Bertz CT molecular complexity index is 1160. The monoisotopic (exact) mass is 505 g/mol. The number of nitro groups is 1. The van der Waals surface area contributed by atoms with E-state index < -0.39 is 10.2 Å². The molecule has 2 aromatic heterocycles. The average Bonchev–Trinajstić information content (AvgIpc) is 3.41. The first-order chi connectivity index (χ1) is 15.9. The van der Waals surface area contributed by atoms with Crippen molar-refractivity contribution in [1.29, 1.82) is 0 Å². The van der Waals surface area contributed by atoms with Crippen LogP contribution < -0.4 is 10.7 Å². The molecule has 0 saturated heterocycles. The van der Waals surface area contributed by atoms with Crippen molar-refractivity contribution in [3.8, 4) is 0 Å². The molecule has 10 nitrogen and oxygen atoms in total. The van der Waals surface area contributed by atoms with Crippen LogP contribution in [0.3, 0.4) is 0 Å². The number of halogens is 1. The fourth-order valence-electron chi connectivity index (χ4n) is 2.57. The first-order valence-electron chi connectivity index (χ1n) is 9.63. The van der Waals surface area contributed by atoms with Gasteiger partial charge in [-0.2, -0.15) is 5.10 Å². The van der Waals surface area contributed by atoms with E-state index in [4.69, 9.17) is 11.6 Å². The van der Waals surface area contributed by atoms with Crippen LogP contribution in [0.2, 0.25) is 5.02 Å². The molecule has 1 aromatic carbocycles. The van der Waals surface area contributed by atoms with E-state index in [0.29, 0.717) is 34.0 Å². The molecule has 1 amide bonds. The van der Waals surface area contributed by atoms with Gasteiger partial charge in [0.15, 0.2) is 11.0 Å². The predicted octanol–water partition coefficient (Wildman–Crippen LogP) is 4.33. The van der Waals surface area contributed by atoms with E-state index >= 15 is 0 Å². The molecule has 0 aliphatic carbocycles. The Labute approximate surface area is 202 Å². The lowest BCUT2D eigenvalue weighted by Crippen LogP contribution is -2.27. The van der Waals surface area contributed by atoms with Crippen LogP contribution in [0.15, 0.2) is 59.3 Å². The number of allylic oxidation sites excluding steroid dienone is 1. The fourth-order valence-corrected chi connectivity index (χ4v) is 4.26. The minimum atomic E-state index is -0.510. The number of nitrogens with one attached hydrogen (secondary N) is 2. The van der Waals surface area contributed by atoms with E-state index in [0.717, 1.165) is 17.0 Å². The number of benzene rings is 1. The van der Waals surface area contributed by atoms with Gasteiger partial charge >= 0.3 is 5.00 Å². The minimum absolute atomic E-state index is 0.00890. The third-order valence-corrected chi connectivity index (χ3v) is 6.51. The number of anilines is 1. The highest BCUT2D eigenvalue weighted by Crippen LogP contribution is 2.24. The summed E-state index contributed by atoms with van der Waals surface area (Å²) in [5, 5.41) is 27.1. The average molecular weight is 506 g/mol. The van der Waals surface area contributed by atoms with Crippen molar-refractivity contribution in [2.75, 3.05) is 5.32 Å². The van der Waals surface area contributed by atoms with Gasteiger partial charge in [-0.05, 0) is 37.3 Å². The summed E-state index contributed by atoms with van der Waals surface area (Å²) in [6.45, 7) is 6.42. The lowest BCUT2D eigenvalue weighted by Gasteiger charge is -2.12. The molecule has 172 valence electrons. The SMILES string of the molecule is C=CCn1c(CNc2ccc(Cl)cc2)nnc1SC(C)C(=O)N/N=C/c1ccc([N+](=O)[O-])s1. The maximum absolute atomic E-state index is 12.4. The Morgan fingerprint density at radius 2 is 2.12 bits per heavy atom. The molecule has 2 heterocycles. The van der Waals surface area contributed by atoms with Crippen molar-refractivity contribution in [3.63, 3.8) is 0 Å². The number of aromatic nitrogens is 3. The molecule has 0 radical (unpaired) electrons. The Morgan fingerprint density at radius 1 is 1.36 bits per heavy atom. The van der Waals surface area contributed by atoms with Gasteiger partial charge in [-0.25, -0.2) is 5.43 Å². The number of hydrogen-bond donors (Lipinski definition) is 2. The van der Waals surface area contributed by atoms with E-state index in [1.54, 1.807) is 31.2 Å². The van der Waals surface area contributed by atoms with Gasteiger partial charge in [0.1, 0.15) is 0 Å². The molecule has 33 heavy (non-hydrogen) atoms. The van der Waals surface area contributed by atoms with Crippen LogP contribution in [0.5, 0.6) is 0 Å². The fraction of sp³-hybridized carbons (Fsp3) is 0.200. The Hall–Kier alpha value is -3.22. The number of amides is 1. The molecular formula is C20H20ClN7O3S2. The van der Waals surface area contributed by atoms with Crippen LogP contribution in [0, 0.1) is 10.1 Å². The van der Waals surface area contributed by atoms with Gasteiger partial charge < -0.3 is 9.88 Å². The maximum atomic E-state index is 12.4. The summed E-state index contributed by atoms with van der Waals surface area (Å²) in [6, 6.07) is 10.3. The standard InChI is InChI=1S/C20H20ClN7O3S2/c1-3-10-27-17(12-22-15-6-4-14(21)5-7-15)24-26-20(27)32-13(2)19(29)25-23-11-16-8-9-18(33-16)28(30)31/h3-9,11,13,22H,1,10,12H2,2H3,(H,25,29)/b23-11+. The summed E-state index contributed by atoms with van der Waals surface area (Å²) in [5.41, 5.74) is 3.34. The number of thioether (sulfide) groups is 1. The van der Waals surface area contributed by atoms with Gasteiger partial charge in [0, 0.05) is 23.3 Å². The molecule has 0 spiro atoms. The quantitative estimate of drug-likeness (QED) is 0.130. The van der Waals surface area contributed by atoms with Crippen LogP contribution in [0.25, 0.3) is 0 Å². The molecule has 3 rings (SSSR count). The number of carbonyl (C=O) groups excluding carboxylic acids is 1. The molecule has 0 saturated carbocycles. The lowest BCUT2D eigenvalue weighted by atomic mass is 10.3. The highest BCUT2D eigenvalue weighted by atomic mass is 35.5. The third-order valence-electron chi connectivity index (χ3n) is 4.21. The second kappa shape index (κ2) is 11.6. The van der Waals surface area contributed by atoms with Crippen LogP contribution in [-0.2, 0) is 17.9 Å². The molecule has 3 aromatic rings. The van der Waals surface area contributed by atoms with Crippen molar-refractivity contribution in [2.45, 2.75) is 30.4 Å². The number of thiophene rings is 1. The van der Waals surface area contributed by atoms with Crippen LogP contribution in [0.4, 0.5) is 10.7 Å². The smallest absolute Gasteiger partial charge is 0.324 e.